The molecule has 25 heavy (non-hydrogen) atoms. The van der Waals surface area contributed by atoms with Gasteiger partial charge in [-0.15, -0.1) is 0 Å². The van der Waals surface area contributed by atoms with E-state index in [1.807, 2.05) is 32.0 Å². The number of ether oxygens (including phenoxy) is 3. The maximum atomic E-state index is 12.5. The smallest absolute Gasteiger partial charge is 0.251 e. The first-order chi connectivity index (χ1) is 12.0. The second-order valence-corrected chi connectivity index (χ2v) is 6.24. The van der Waals surface area contributed by atoms with Crippen molar-refractivity contribution in [2.75, 3.05) is 20.8 Å². The fraction of sp³-hybridized carbons (Fsp3) is 0.316. The molecule has 0 bridgehead atoms. The number of halogens is 1. The minimum absolute atomic E-state index is 0.160. The molecule has 0 aliphatic rings. The van der Waals surface area contributed by atoms with E-state index in [9.17, 15) is 4.79 Å². The highest BCUT2D eigenvalue weighted by atomic mass is 79.9. The van der Waals surface area contributed by atoms with Crippen molar-refractivity contribution in [2.24, 2.45) is 0 Å². The third-order valence-corrected chi connectivity index (χ3v) is 4.37. The summed E-state index contributed by atoms with van der Waals surface area (Å²) in [5.74, 6) is 1.72. The predicted molar refractivity (Wildman–Crippen MR) is 101 cm³/mol. The van der Waals surface area contributed by atoms with E-state index in [1.165, 1.54) is 0 Å². The lowest BCUT2D eigenvalue weighted by atomic mass is 10.1. The van der Waals surface area contributed by atoms with E-state index in [4.69, 9.17) is 14.2 Å². The maximum absolute atomic E-state index is 12.5. The zero-order valence-electron chi connectivity index (χ0n) is 14.8. The van der Waals surface area contributed by atoms with E-state index >= 15 is 0 Å². The van der Waals surface area contributed by atoms with Gasteiger partial charge in [0, 0.05) is 5.56 Å². The lowest BCUT2D eigenvalue weighted by Gasteiger charge is -2.16. The minimum Gasteiger partial charge on any atom is -0.496 e. The van der Waals surface area contributed by atoms with Crippen molar-refractivity contribution in [1.29, 1.82) is 0 Å². The van der Waals surface area contributed by atoms with Gasteiger partial charge in [-0.1, -0.05) is 6.07 Å². The first-order valence-electron chi connectivity index (χ1n) is 7.95. The molecule has 0 aliphatic carbocycles. The monoisotopic (exact) mass is 407 g/mol. The molecule has 2 aromatic carbocycles. The summed E-state index contributed by atoms with van der Waals surface area (Å²) in [6, 6.07) is 10.7. The van der Waals surface area contributed by atoms with Gasteiger partial charge in [-0.25, -0.2) is 0 Å². The van der Waals surface area contributed by atoms with Crippen molar-refractivity contribution < 1.29 is 19.0 Å². The van der Waals surface area contributed by atoms with Crippen LogP contribution in [-0.2, 0) is 0 Å². The van der Waals surface area contributed by atoms with Crippen LogP contribution in [0.3, 0.4) is 0 Å². The van der Waals surface area contributed by atoms with Crippen molar-refractivity contribution >= 4 is 21.8 Å². The number of carbonyl (C=O) groups excluding carboxylic acids is 1. The van der Waals surface area contributed by atoms with Crippen LogP contribution in [0.5, 0.6) is 17.2 Å². The second-order valence-electron chi connectivity index (χ2n) is 5.39. The molecule has 134 valence electrons. The Morgan fingerprint density at radius 3 is 2.36 bits per heavy atom. The van der Waals surface area contributed by atoms with Crippen molar-refractivity contribution in [3.05, 3.63) is 52.0 Å². The van der Waals surface area contributed by atoms with Crippen LogP contribution in [0.15, 0.2) is 40.9 Å². The van der Waals surface area contributed by atoms with Gasteiger partial charge in [-0.3, -0.25) is 4.79 Å². The third-order valence-electron chi connectivity index (χ3n) is 3.75. The fourth-order valence-electron chi connectivity index (χ4n) is 2.40. The summed E-state index contributed by atoms with van der Waals surface area (Å²) in [4.78, 5) is 12.5. The molecule has 0 unspecified atom stereocenters. The SMILES string of the molecule is CCOc1ccc(C(=O)N[C@H](C)c2ccc(OC)c(Br)c2)cc1OC. The van der Waals surface area contributed by atoms with Crippen molar-refractivity contribution in [3.63, 3.8) is 0 Å². The molecule has 0 spiro atoms. The van der Waals surface area contributed by atoms with E-state index in [2.05, 4.69) is 21.2 Å². The summed E-state index contributed by atoms with van der Waals surface area (Å²) in [6.07, 6.45) is 0. The quantitative estimate of drug-likeness (QED) is 0.740. The molecule has 0 saturated carbocycles. The maximum Gasteiger partial charge on any atom is 0.251 e. The van der Waals surface area contributed by atoms with Crippen molar-refractivity contribution in [1.82, 2.24) is 5.32 Å². The van der Waals surface area contributed by atoms with Gasteiger partial charge < -0.3 is 19.5 Å². The lowest BCUT2D eigenvalue weighted by Crippen LogP contribution is -2.26. The molecule has 0 heterocycles. The Hall–Kier alpha value is -2.21. The van der Waals surface area contributed by atoms with Crippen LogP contribution < -0.4 is 19.5 Å². The molecular weight excluding hydrogens is 386 g/mol. The number of benzene rings is 2. The Balaban J connectivity index is 2.14. The van der Waals surface area contributed by atoms with Gasteiger partial charge in [0.1, 0.15) is 5.75 Å². The summed E-state index contributed by atoms with van der Waals surface area (Å²) in [5, 5.41) is 2.98. The van der Waals surface area contributed by atoms with Crippen LogP contribution in [0.4, 0.5) is 0 Å². The molecule has 1 N–H and O–H groups in total. The summed E-state index contributed by atoms with van der Waals surface area (Å²) in [5.41, 5.74) is 1.48. The van der Waals surface area contributed by atoms with E-state index in [-0.39, 0.29) is 11.9 Å². The van der Waals surface area contributed by atoms with Crippen LogP contribution >= 0.6 is 15.9 Å². The number of nitrogens with one attached hydrogen (secondary N) is 1. The summed E-state index contributed by atoms with van der Waals surface area (Å²) in [7, 11) is 3.17. The molecule has 0 aliphatic heterocycles. The van der Waals surface area contributed by atoms with Crippen molar-refractivity contribution in [3.8, 4) is 17.2 Å². The molecule has 6 heteroatoms. The van der Waals surface area contributed by atoms with Crippen LogP contribution in [0, 0.1) is 0 Å². The molecular formula is C19H22BrNO4. The Morgan fingerprint density at radius 2 is 1.76 bits per heavy atom. The van der Waals surface area contributed by atoms with Gasteiger partial charge in [0.2, 0.25) is 0 Å². The van der Waals surface area contributed by atoms with E-state index < -0.39 is 0 Å². The minimum atomic E-state index is -0.180. The van der Waals surface area contributed by atoms with Gasteiger partial charge in [-0.05, 0) is 65.7 Å². The van der Waals surface area contributed by atoms with Crippen molar-refractivity contribution in [2.45, 2.75) is 19.9 Å². The van der Waals surface area contributed by atoms with Gasteiger partial charge in [0.15, 0.2) is 11.5 Å². The molecule has 1 amide bonds. The standard InChI is InChI=1S/C19H22BrNO4/c1-5-25-17-9-7-14(11-18(17)24-4)19(22)21-12(2)13-6-8-16(23-3)15(20)10-13/h6-12H,5H2,1-4H3,(H,21,22)/t12-/m1/s1. The molecule has 0 radical (unpaired) electrons. The van der Waals surface area contributed by atoms with E-state index in [1.54, 1.807) is 32.4 Å². The van der Waals surface area contributed by atoms with Gasteiger partial charge >= 0.3 is 0 Å². The van der Waals surface area contributed by atoms with Crippen LogP contribution in [-0.4, -0.2) is 26.7 Å². The lowest BCUT2D eigenvalue weighted by molar-refractivity contribution is 0.0939. The first-order valence-corrected chi connectivity index (χ1v) is 8.74. The normalized spacial score (nSPS) is 11.6. The molecule has 0 saturated heterocycles. The Morgan fingerprint density at radius 1 is 1.08 bits per heavy atom. The average Bonchev–Trinajstić information content (AvgIpc) is 2.62. The Kier molecular flexibility index (Phi) is 6.70. The predicted octanol–water partition coefficient (Wildman–Crippen LogP) is 4.36. The van der Waals surface area contributed by atoms with E-state index in [0.717, 1.165) is 15.8 Å². The zero-order valence-corrected chi connectivity index (χ0v) is 16.3. The van der Waals surface area contributed by atoms with Gasteiger partial charge in [0.25, 0.3) is 5.91 Å². The highest BCUT2D eigenvalue weighted by molar-refractivity contribution is 9.10. The molecule has 1 atom stereocenters. The fourth-order valence-corrected chi connectivity index (χ4v) is 2.96. The molecule has 0 aromatic heterocycles. The van der Waals surface area contributed by atoms with Crippen LogP contribution in [0.25, 0.3) is 0 Å². The second kappa shape index (κ2) is 8.76. The average molecular weight is 408 g/mol. The Bertz CT molecular complexity index is 748. The summed E-state index contributed by atoms with van der Waals surface area (Å²) >= 11 is 3.46. The van der Waals surface area contributed by atoms with Crippen LogP contribution in [0.2, 0.25) is 0 Å². The number of rotatable bonds is 7. The highest BCUT2D eigenvalue weighted by Crippen LogP contribution is 2.30. The Labute approximate surface area is 156 Å². The third kappa shape index (κ3) is 4.66. The molecule has 0 fully saturated rings. The number of amides is 1. The first kappa shape index (κ1) is 19.1. The van der Waals surface area contributed by atoms with E-state index in [0.29, 0.717) is 23.7 Å². The van der Waals surface area contributed by atoms with Gasteiger partial charge in [0.05, 0.1) is 31.3 Å². The highest BCUT2D eigenvalue weighted by Gasteiger charge is 2.15. The summed E-state index contributed by atoms with van der Waals surface area (Å²) < 4.78 is 16.8. The zero-order chi connectivity index (χ0) is 18.4. The number of methoxy groups -OCH3 is 2. The number of hydrogen-bond donors (Lipinski definition) is 1. The molecule has 2 rings (SSSR count). The molecule has 2 aromatic rings. The topological polar surface area (TPSA) is 56.8 Å². The molecule has 5 nitrogen and oxygen atoms in total. The summed E-state index contributed by atoms with van der Waals surface area (Å²) in [6.45, 7) is 4.36. The van der Waals surface area contributed by atoms with Crippen LogP contribution in [0.1, 0.15) is 35.8 Å². The number of carbonyl (C=O) groups is 1. The largest absolute Gasteiger partial charge is 0.496 e. The number of hydrogen-bond acceptors (Lipinski definition) is 4. The van der Waals surface area contributed by atoms with Gasteiger partial charge in [-0.2, -0.15) is 0 Å².